The molecule has 0 aliphatic carbocycles. The van der Waals surface area contributed by atoms with E-state index in [1.54, 1.807) is 24.3 Å². The van der Waals surface area contributed by atoms with Crippen molar-refractivity contribution in [2.24, 2.45) is 0 Å². The Balaban J connectivity index is 2.00. The Bertz CT molecular complexity index is 721. The summed E-state index contributed by atoms with van der Waals surface area (Å²) in [6.45, 7) is 6.35. The number of nitrogens with one attached hydrogen (secondary N) is 1. The summed E-state index contributed by atoms with van der Waals surface area (Å²) in [5, 5.41) is 2.74. The molecule has 1 amide bonds. The lowest BCUT2D eigenvalue weighted by Gasteiger charge is -2.09. The molecule has 23 heavy (non-hydrogen) atoms. The summed E-state index contributed by atoms with van der Waals surface area (Å²) in [5.74, 6) is 0.639. The van der Waals surface area contributed by atoms with Gasteiger partial charge >= 0.3 is 0 Å². The highest BCUT2D eigenvalue weighted by molar-refractivity contribution is 5.90. The van der Waals surface area contributed by atoms with Crippen LogP contribution in [0.2, 0.25) is 0 Å². The zero-order valence-electron chi connectivity index (χ0n) is 13.6. The van der Waals surface area contributed by atoms with Gasteiger partial charge in [0.05, 0.1) is 18.6 Å². The Morgan fingerprint density at radius 3 is 2.57 bits per heavy atom. The first-order chi connectivity index (χ1) is 11.0. The number of nitrogens with zero attached hydrogens (tertiary/aromatic N) is 2. The van der Waals surface area contributed by atoms with E-state index in [-0.39, 0.29) is 23.9 Å². The van der Waals surface area contributed by atoms with Gasteiger partial charge in [0.15, 0.2) is 0 Å². The van der Waals surface area contributed by atoms with E-state index >= 15 is 0 Å². The zero-order valence-corrected chi connectivity index (χ0v) is 13.6. The van der Waals surface area contributed by atoms with E-state index in [0.717, 1.165) is 11.4 Å². The average molecular weight is 315 g/mol. The number of amides is 1. The first-order valence-electron chi connectivity index (χ1n) is 7.58. The molecule has 6 heteroatoms. The average Bonchev–Trinajstić information content (AvgIpc) is 2.51. The summed E-state index contributed by atoms with van der Waals surface area (Å²) in [6, 6.07) is 8.54. The molecule has 0 spiro atoms. The third-order valence-corrected chi connectivity index (χ3v) is 3.26. The van der Waals surface area contributed by atoms with Gasteiger partial charge in [0, 0.05) is 11.8 Å². The number of aromatic nitrogens is 2. The number of hydrogen-bond donors (Lipinski definition) is 1. The molecule has 0 aliphatic heterocycles. The Morgan fingerprint density at radius 2 is 2.00 bits per heavy atom. The van der Waals surface area contributed by atoms with Crippen LogP contribution in [0.4, 0.5) is 5.69 Å². The third kappa shape index (κ3) is 4.67. The molecule has 0 saturated heterocycles. The van der Waals surface area contributed by atoms with Gasteiger partial charge in [0.2, 0.25) is 5.91 Å². The van der Waals surface area contributed by atoms with Crippen LogP contribution >= 0.6 is 0 Å². The minimum absolute atomic E-state index is 0.0720. The molecule has 6 nitrogen and oxygen atoms in total. The van der Waals surface area contributed by atoms with Crippen LogP contribution in [0, 0.1) is 0 Å². The van der Waals surface area contributed by atoms with Crippen molar-refractivity contribution in [2.75, 3.05) is 11.9 Å². The molecule has 1 heterocycles. The molecule has 1 aromatic carbocycles. The monoisotopic (exact) mass is 315 g/mol. The van der Waals surface area contributed by atoms with E-state index in [9.17, 15) is 9.59 Å². The number of benzene rings is 1. The first kappa shape index (κ1) is 16.7. The Kier molecular flexibility index (Phi) is 5.51. The lowest BCUT2D eigenvalue weighted by molar-refractivity contribution is -0.116. The number of carbonyl (C=O) groups is 1. The second-order valence-electron chi connectivity index (χ2n) is 5.44. The largest absolute Gasteiger partial charge is 0.494 e. The molecule has 122 valence electrons. The highest BCUT2D eigenvalue weighted by Crippen LogP contribution is 2.15. The molecule has 1 aromatic heterocycles. The van der Waals surface area contributed by atoms with Gasteiger partial charge in [-0.3, -0.25) is 14.2 Å². The Hall–Kier alpha value is -2.63. The SMILES string of the molecule is CCOc1ccc(NC(=O)Cn2cnc(C(C)C)cc2=O)cc1. The molecule has 0 atom stereocenters. The molecule has 2 rings (SSSR count). The predicted molar refractivity (Wildman–Crippen MR) is 88.8 cm³/mol. The van der Waals surface area contributed by atoms with Gasteiger partial charge in [-0.25, -0.2) is 4.98 Å². The van der Waals surface area contributed by atoms with Gasteiger partial charge in [-0.05, 0) is 37.1 Å². The number of ether oxygens (including phenoxy) is 1. The van der Waals surface area contributed by atoms with Crippen LogP contribution in [0.15, 0.2) is 41.5 Å². The molecule has 0 fully saturated rings. The maximum absolute atomic E-state index is 12.0. The second kappa shape index (κ2) is 7.58. The zero-order chi connectivity index (χ0) is 16.8. The van der Waals surface area contributed by atoms with Crippen molar-refractivity contribution in [3.05, 3.63) is 52.7 Å². The fourth-order valence-electron chi connectivity index (χ4n) is 2.03. The van der Waals surface area contributed by atoms with Gasteiger partial charge in [-0.15, -0.1) is 0 Å². The maximum atomic E-state index is 12.0. The van der Waals surface area contributed by atoms with Gasteiger partial charge in [0.25, 0.3) is 5.56 Å². The fourth-order valence-corrected chi connectivity index (χ4v) is 2.03. The summed E-state index contributed by atoms with van der Waals surface area (Å²) in [7, 11) is 0. The van der Waals surface area contributed by atoms with Crippen molar-refractivity contribution >= 4 is 11.6 Å². The first-order valence-corrected chi connectivity index (χ1v) is 7.58. The van der Waals surface area contributed by atoms with Crippen molar-refractivity contribution < 1.29 is 9.53 Å². The number of anilines is 1. The molecule has 0 saturated carbocycles. The van der Waals surface area contributed by atoms with Crippen LogP contribution in [-0.2, 0) is 11.3 Å². The molecule has 0 unspecified atom stereocenters. The molecule has 0 aliphatic rings. The van der Waals surface area contributed by atoms with E-state index in [2.05, 4.69) is 10.3 Å². The van der Waals surface area contributed by atoms with Gasteiger partial charge in [-0.1, -0.05) is 13.8 Å². The quantitative estimate of drug-likeness (QED) is 0.888. The lowest BCUT2D eigenvalue weighted by atomic mass is 10.1. The molecule has 0 radical (unpaired) electrons. The predicted octanol–water partition coefficient (Wildman–Crippen LogP) is 2.40. The summed E-state index contributed by atoms with van der Waals surface area (Å²) < 4.78 is 6.63. The minimum Gasteiger partial charge on any atom is -0.494 e. The highest BCUT2D eigenvalue weighted by atomic mass is 16.5. The van der Waals surface area contributed by atoms with Crippen LogP contribution < -0.4 is 15.6 Å². The van der Waals surface area contributed by atoms with E-state index in [4.69, 9.17) is 4.74 Å². The second-order valence-corrected chi connectivity index (χ2v) is 5.44. The minimum atomic E-state index is -0.282. The lowest BCUT2D eigenvalue weighted by Crippen LogP contribution is -2.28. The number of carbonyl (C=O) groups excluding carboxylic acids is 1. The van der Waals surface area contributed by atoms with Gasteiger partial charge < -0.3 is 10.1 Å². The van der Waals surface area contributed by atoms with Crippen LogP contribution in [0.1, 0.15) is 32.4 Å². The molecule has 2 aromatic rings. The van der Waals surface area contributed by atoms with Crippen molar-refractivity contribution in [2.45, 2.75) is 33.2 Å². The van der Waals surface area contributed by atoms with Crippen LogP contribution in [0.5, 0.6) is 5.75 Å². The summed E-state index contributed by atoms with van der Waals surface area (Å²) in [6.07, 6.45) is 1.41. The van der Waals surface area contributed by atoms with Crippen LogP contribution in [0.25, 0.3) is 0 Å². The smallest absolute Gasteiger partial charge is 0.254 e. The van der Waals surface area contributed by atoms with Crippen molar-refractivity contribution in [1.82, 2.24) is 9.55 Å². The van der Waals surface area contributed by atoms with Crippen LogP contribution in [0.3, 0.4) is 0 Å². The van der Waals surface area contributed by atoms with E-state index < -0.39 is 0 Å². The van der Waals surface area contributed by atoms with Crippen molar-refractivity contribution in [3.8, 4) is 5.75 Å². The third-order valence-electron chi connectivity index (χ3n) is 3.26. The van der Waals surface area contributed by atoms with Gasteiger partial charge in [0.1, 0.15) is 12.3 Å². The van der Waals surface area contributed by atoms with E-state index in [1.165, 1.54) is 17.0 Å². The highest BCUT2D eigenvalue weighted by Gasteiger charge is 2.08. The van der Waals surface area contributed by atoms with Crippen molar-refractivity contribution in [3.63, 3.8) is 0 Å². The summed E-state index contributed by atoms with van der Waals surface area (Å²) in [5.41, 5.74) is 1.14. The van der Waals surface area contributed by atoms with E-state index in [0.29, 0.717) is 12.3 Å². The number of rotatable bonds is 6. The van der Waals surface area contributed by atoms with Crippen molar-refractivity contribution in [1.29, 1.82) is 0 Å². The van der Waals surface area contributed by atoms with Crippen LogP contribution in [-0.4, -0.2) is 22.1 Å². The topological polar surface area (TPSA) is 73.2 Å². The molecule has 0 bridgehead atoms. The van der Waals surface area contributed by atoms with E-state index in [1.807, 2.05) is 20.8 Å². The number of hydrogen-bond acceptors (Lipinski definition) is 4. The molecular weight excluding hydrogens is 294 g/mol. The Labute approximate surface area is 135 Å². The summed E-state index contributed by atoms with van der Waals surface area (Å²) in [4.78, 5) is 28.2. The Morgan fingerprint density at radius 1 is 1.30 bits per heavy atom. The summed E-state index contributed by atoms with van der Waals surface area (Å²) >= 11 is 0. The normalized spacial score (nSPS) is 10.6. The fraction of sp³-hybridized carbons (Fsp3) is 0.353. The maximum Gasteiger partial charge on any atom is 0.254 e. The standard InChI is InChI=1S/C17H21N3O3/c1-4-23-14-7-5-13(6-8-14)19-16(21)10-20-11-18-15(12(2)3)9-17(20)22/h5-9,11-12H,4,10H2,1-3H3,(H,19,21). The molecular formula is C17H21N3O3. The molecule has 1 N–H and O–H groups in total. The van der Waals surface area contributed by atoms with Gasteiger partial charge in [-0.2, -0.15) is 0 Å².